The monoisotopic (exact) mass is 451 g/mol. The first-order chi connectivity index (χ1) is 11.1. The Bertz CT molecular complexity index is 519. The average Bonchev–Trinajstić information content (AvgIpc) is 2.55. The minimum absolute atomic E-state index is 0. The topological polar surface area (TPSA) is 68.9 Å². The Morgan fingerprint density at radius 1 is 1.38 bits per heavy atom. The molecule has 1 aromatic carbocycles. The van der Waals surface area contributed by atoms with Gasteiger partial charge in [-0.3, -0.25) is 4.99 Å². The number of nitrogens with zero attached hydrogens (tertiary/aromatic N) is 1. The Morgan fingerprint density at radius 3 is 2.58 bits per heavy atom. The fraction of sp³-hybridized carbons (Fsp3) is 0.588. The molecule has 1 aliphatic heterocycles. The quantitative estimate of drug-likeness (QED) is 0.396. The molecule has 2 rings (SSSR count). The van der Waals surface area contributed by atoms with Gasteiger partial charge >= 0.3 is 0 Å². The maximum absolute atomic E-state index is 13.2. The maximum atomic E-state index is 13.2. The van der Waals surface area contributed by atoms with E-state index < -0.39 is 0 Å². The number of nitrogens with one attached hydrogen (secondary N) is 1. The molecular weight excluding hydrogens is 424 g/mol. The minimum Gasteiger partial charge on any atom is -0.383 e. The molecule has 24 heavy (non-hydrogen) atoms. The van der Waals surface area contributed by atoms with E-state index in [1.54, 1.807) is 7.11 Å². The van der Waals surface area contributed by atoms with Gasteiger partial charge in [-0.25, -0.2) is 4.39 Å². The van der Waals surface area contributed by atoms with Gasteiger partial charge in [0.2, 0.25) is 0 Å². The fourth-order valence-corrected chi connectivity index (χ4v) is 2.93. The first-order valence-electron chi connectivity index (χ1n) is 7.95. The third-order valence-electron chi connectivity index (χ3n) is 4.27. The van der Waals surface area contributed by atoms with Crippen LogP contribution in [0, 0.1) is 5.82 Å². The number of benzene rings is 1. The molecule has 0 saturated carbocycles. The molecular formula is C17H27FIN3O2. The SMILES string of the molecule is COCC(C)NC(N)=NCC1(c2ccc(F)cc2)CCOCC1.I. The summed E-state index contributed by atoms with van der Waals surface area (Å²) >= 11 is 0. The van der Waals surface area contributed by atoms with Crippen LogP contribution >= 0.6 is 24.0 Å². The van der Waals surface area contributed by atoms with Crippen LogP contribution < -0.4 is 11.1 Å². The summed E-state index contributed by atoms with van der Waals surface area (Å²) in [6.07, 6.45) is 1.70. The van der Waals surface area contributed by atoms with Gasteiger partial charge in [0.1, 0.15) is 5.82 Å². The highest BCUT2D eigenvalue weighted by molar-refractivity contribution is 14.0. The van der Waals surface area contributed by atoms with Crippen molar-refractivity contribution in [3.8, 4) is 0 Å². The summed E-state index contributed by atoms with van der Waals surface area (Å²) in [7, 11) is 1.65. The van der Waals surface area contributed by atoms with Gasteiger partial charge < -0.3 is 20.5 Å². The van der Waals surface area contributed by atoms with Gasteiger partial charge in [-0.15, -0.1) is 24.0 Å². The van der Waals surface area contributed by atoms with Crippen LogP contribution in [0.2, 0.25) is 0 Å². The van der Waals surface area contributed by atoms with E-state index in [2.05, 4.69) is 10.3 Å². The molecule has 1 aliphatic rings. The lowest BCUT2D eigenvalue weighted by Gasteiger charge is -2.36. The lowest BCUT2D eigenvalue weighted by molar-refractivity contribution is 0.0531. The smallest absolute Gasteiger partial charge is 0.188 e. The Hall–Kier alpha value is -0.930. The van der Waals surface area contributed by atoms with Gasteiger partial charge in [-0.1, -0.05) is 12.1 Å². The summed E-state index contributed by atoms with van der Waals surface area (Å²) in [4.78, 5) is 4.52. The lowest BCUT2D eigenvalue weighted by atomic mass is 9.74. The van der Waals surface area contributed by atoms with Crippen molar-refractivity contribution in [1.29, 1.82) is 0 Å². The predicted octanol–water partition coefficient (Wildman–Crippen LogP) is 2.43. The number of nitrogens with two attached hydrogens (primary N) is 1. The zero-order valence-electron chi connectivity index (χ0n) is 14.3. The summed E-state index contributed by atoms with van der Waals surface area (Å²) < 4.78 is 23.8. The van der Waals surface area contributed by atoms with Crippen molar-refractivity contribution in [2.45, 2.75) is 31.2 Å². The molecule has 0 bridgehead atoms. The molecule has 1 saturated heterocycles. The highest BCUT2D eigenvalue weighted by Crippen LogP contribution is 2.35. The van der Waals surface area contributed by atoms with Crippen molar-refractivity contribution in [2.75, 3.05) is 33.5 Å². The van der Waals surface area contributed by atoms with E-state index in [1.807, 2.05) is 19.1 Å². The first-order valence-corrected chi connectivity index (χ1v) is 7.95. The van der Waals surface area contributed by atoms with Gasteiger partial charge in [-0.2, -0.15) is 0 Å². The Balaban J connectivity index is 0.00000288. The number of hydrogen-bond donors (Lipinski definition) is 2. The Morgan fingerprint density at radius 2 is 2.00 bits per heavy atom. The third kappa shape index (κ3) is 5.86. The minimum atomic E-state index is -0.228. The molecule has 0 aromatic heterocycles. The molecule has 3 N–H and O–H groups in total. The average molecular weight is 451 g/mol. The molecule has 1 unspecified atom stereocenters. The van der Waals surface area contributed by atoms with Crippen LogP contribution in [0.25, 0.3) is 0 Å². The summed E-state index contributed by atoms with van der Waals surface area (Å²) in [5.74, 6) is 0.177. The fourth-order valence-electron chi connectivity index (χ4n) is 2.93. The van der Waals surface area contributed by atoms with Gasteiger partial charge in [0, 0.05) is 31.8 Å². The zero-order chi connectivity index (χ0) is 16.7. The van der Waals surface area contributed by atoms with Crippen LogP contribution in [0.5, 0.6) is 0 Å². The van der Waals surface area contributed by atoms with E-state index in [1.165, 1.54) is 12.1 Å². The van der Waals surface area contributed by atoms with Gasteiger partial charge in [0.05, 0.1) is 13.2 Å². The van der Waals surface area contributed by atoms with Gasteiger partial charge in [0.25, 0.3) is 0 Å². The number of halogens is 2. The van der Waals surface area contributed by atoms with E-state index in [4.69, 9.17) is 15.2 Å². The molecule has 1 aromatic rings. The van der Waals surface area contributed by atoms with Crippen molar-refractivity contribution in [3.63, 3.8) is 0 Å². The lowest BCUT2D eigenvalue weighted by Crippen LogP contribution is -2.43. The molecule has 0 spiro atoms. The largest absolute Gasteiger partial charge is 0.383 e. The number of rotatable bonds is 6. The number of aliphatic imine (C=N–C) groups is 1. The standard InChI is InChI=1S/C17H26FN3O2.HI/c1-13(11-22-2)21-16(19)20-12-17(7-9-23-10-8-17)14-3-5-15(18)6-4-14;/h3-6,13H,7-12H2,1-2H3,(H3,19,20,21);1H. The van der Waals surface area contributed by atoms with Crippen molar-refractivity contribution in [3.05, 3.63) is 35.6 Å². The van der Waals surface area contributed by atoms with Crippen molar-refractivity contribution >= 4 is 29.9 Å². The summed E-state index contributed by atoms with van der Waals surface area (Å²) in [5, 5.41) is 3.11. The molecule has 1 fully saturated rings. The van der Waals surface area contributed by atoms with E-state index in [0.29, 0.717) is 32.3 Å². The first kappa shape index (κ1) is 21.1. The zero-order valence-corrected chi connectivity index (χ0v) is 16.6. The molecule has 136 valence electrons. The maximum Gasteiger partial charge on any atom is 0.188 e. The second kappa shape index (κ2) is 10.1. The molecule has 1 atom stereocenters. The second-order valence-electron chi connectivity index (χ2n) is 6.10. The molecule has 0 amide bonds. The summed E-state index contributed by atoms with van der Waals surface area (Å²) in [5.41, 5.74) is 6.91. The predicted molar refractivity (Wildman–Crippen MR) is 105 cm³/mol. The second-order valence-corrected chi connectivity index (χ2v) is 6.10. The van der Waals surface area contributed by atoms with E-state index in [0.717, 1.165) is 18.4 Å². The third-order valence-corrected chi connectivity index (χ3v) is 4.27. The number of methoxy groups -OCH3 is 1. The van der Waals surface area contributed by atoms with Crippen molar-refractivity contribution < 1.29 is 13.9 Å². The normalized spacial score (nSPS) is 18.5. The molecule has 0 aliphatic carbocycles. The molecule has 5 nitrogen and oxygen atoms in total. The summed E-state index contributed by atoms with van der Waals surface area (Å²) in [6, 6.07) is 6.78. The highest BCUT2D eigenvalue weighted by atomic mass is 127. The molecule has 1 heterocycles. The Kier molecular flexibility index (Phi) is 8.93. The van der Waals surface area contributed by atoms with Crippen LogP contribution in [-0.2, 0) is 14.9 Å². The van der Waals surface area contributed by atoms with E-state index >= 15 is 0 Å². The molecule has 7 heteroatoms. The van der Waals surface area contributed by atoms with Crippen LogP contribution in [0.4, 0.5) is 4.39 Å². The molecule has 0 radical (unpaired) electrons. The van der Waals surface area contributed by atoms with Crippen molar-refractivity contribution in [1.82, 2.24) is 5.32 Å². The number of ether oxygens (including phenoxy) is 2. The van der Waals surface area contributed by atoms with E-state index in [-0.39, 0.29) is 41.3 Å². The Labute approximate surface area is 160 Å². The highest BCUT2D eigenvalue weighted by Gasteiger charge is 2.34. The number of guanidine groups is 1. The summed E-state index contributed by atoms with van der Waals surface area (Å²) in [6.45, 7) is 4.46. The van der Waals surface area contributed by atoms with Crippen molar-refractivity contribution in [2.24, 2.45) is 10.7 Å². The van der Waals surface area contributed by atoms with Crippen LogP contribution in [0.3, 0.4) is 0 Å². The van der Waals surface area contributed by atoms with Crippen LogP contribution in [0.1, 0.15) is 25.3 Å². The van der Waals surface area contributed by atoms with Crippen LogP contribution in [0.15, 0.2) is 29.3 Å². The van der Waals surface area contributed by atoms with Gasteiger partial charge in [0.15, 0.2) is 5.96 Å². The van der Waals surface area contributed by atoms with Gasteiger partial charge in [-0.05, 0) is 37.5 Å². The van der Waals surface area contributed by atoms with Crippen LogP contribution in [-0.4, -0.2) is 45.5 Å². The number of hydrogen-bond acceptors (Lipinski definition) is 3. The van der Waals surface area contributed by atoms with E-state index in [9.17, 15) is 4.39 Å².